The van der Waals surface area contributed by atoms with E-state index in [0.717, 1.165) is 34.3 Å². The number of amides is 1. The molecule has 0 aliphatic carbocycles. The van der Waals surface area contributed by atoms with Crippen LogP contribution in [0.15, 0.2) is 54.7 Å². The van der Waals surface area contributed by atoms with E-state index in [0.29, 0.717) is 12.2 Å². The van der Waals surface area contributed by atoms with Gasteiger partial charge in [0.05, 0.1) is 23.7 Å². The van der Waals surface area contributed by atoms with E-state index >= 15 is 0 Å². The fourth-order valence-corrected chi connectivity index (χ4v) is 3.33. The third kappa shape index (κ3) is 3.31. The van der Waals surface area contributed by atoms with Crippen molar-refractivity contribution < 1.29 is 9.53 Å². The second kappa shape index (κ2) is 7.25. The van der Waals surface area contributed by atoms with Crippen LogP contribution in [0.25, 0.3) is 21.9 Å². The van der Waals surface area contributed by atoms with Gasteiger partial charge in [-0.3, -0.25) is 4.79 Å². The van der Waals surface area contributed by atoms with Crippen LogP contribution in [0.3, 0.4) is 0 Å². The highest BCUT2D eigenvalue weighted by molar-refractivity contribution is 6.06. The van der Waals surface area contributed by atoms with Crippen LogP contribution >= 0.6 is 0 Å². The highest BCUT2D eigenvalue weighted by atomic mass is 16.5. The van der Waals surface area contributed by atoms with Gasteiger partial charge < -0.3 is 19.6 Å². The van der Waals surface area contributed by atoms with Gasteiger partial charge in [-0.25, -0.2) is 4.98 Å². The van der Waals surface area contributed by atoms with Crippen molar-refractivity contribution in [3.05, 3.63) is 66.1 Å². The molecule has 1 atom stereocenters. The number of fused-ring (bicyclic) bond motifs is 2. The number of H-pyrrole nitrogens is 1. The molecule has 6 heteroatoms. The summed E-state index contributed by atoms with van der Waals surface area (Å²) in [4.78, 5) is 20.7. The van der Waals surface area contributed by atoms with Crippen molar-refractivity contribution >= 4 is 27.8 Å². The van der Waals surface area contributed by atoms with E-state index in [-0.39, 0.29) is 11.9 Å². The van der Waals surface area contributed by atoms with Crippen LogP contribution in [-0.4, -0.2) is 34.2 Å². The van der Waals surface area contributed by atoms with Gasteiger partial charge in [0, 0.05) is 36.3 Å². The first kappa shape index (κ1) is 17.3. The smallest absolute Gasteiger partial charge is 0.252 e. The zero-order chi connectivity index (χ0) is 18.8. The van der Waals surface area contributed by atoms with Gasteiger partial charge in [-0.15, -0.1) is 0 Å². The van der Waals surface area contributed by atoms with Crippen molar-refractivity contribution in [1.29, 1.82) is 0 Å². The van der Waals surface area contributed by atoms with Crippen LogP contribution in [0, 0.1) is 0 Å². The second-order valence-corrected chi connectivity index (χ2v) is 6.57. The molecule has 2 N–H and O–H groups in total. The molecule has 2 aromatic carbocycles. The molecule has 4 aromatic rings. The summed E-state index contributed by atoms with van der Waals surface area (Å²) in [5.41, 5.74) is 3.54. The molecule has 0 radical (unpaired) electrons. The van der Waals surface area contributed by atoms with E-state index in [1.165, 1.54) is 0 Å². The van der Waals surface area contributed by atoms with Gasteiger partial charge in [0.15, 0.2) is 0 Å². The molecular formula is C21H22N4O2. The number of rotatable bonds is 6. The minimum absolute atomic E-state index is 0.113. The number of para-hydroxylation sites is 2. The Morgan fingerprint density at radius 3 is 2.89 bits per heavy atom. The molecule has 0 saturated heterocycles. The summed E-state index contributed by atoms with van der Waals surface area (Å²) < 4.78 is 7.25. The lowest BCUT2D eigenvalue weighted by Gasteiger charge is -2.12. The van der Waals surface area contributed by atoms with Crippen LogP contribution in [-0.2, 0) is 11.3 Å². The molecule has 27 heavy (non-hydrogen) atoms. The van der Waals surface area contributed by atoms with E-state index in [4.69, 9.17) is 4.74 Å². The number of aromatic nitrogens is 3. The first-order valence-electron chi connectivity index (χ1n) is 8.99. The minimum atomic E-state index is -0.226. The first-order chi connectivity index (χ1) is 13.2. The summed E-state index contributed by atoms with van der Waals surface area (Å²) in [6.45, 7) is 3.31. The Labute approximate surface area is 157 Å². The quantitative estimate of drug-likeness (QED) is 0.550. The number of nitrogens with zero attached hydrogens (tertiary/aromatic N) is 2. The van der Waals surface area contributed by atoms with Gasteiger partial charge in [-0.05, 0) is 37.3 Å². The average Bonchev–Trinajstić information content (AvgIpc) is 3.30. The lowest BCUT2D eigenvalue weighted by Crippen LogP contribution is -2.27. The predicted octanol–water partition coefficient (Wildman–Crippen LogP) is 3.66. The molecule has 0 unspecified atom stereocenters. The Bertz CT molecular complexity index is 1060. The number of carbonyl (C=O) groups is 1. The van der Waals surface area contributed by atoms with Crippen molar-refractivity contribution in [2.24, 2.45) is 0 Å². The number of aromatic amines is 1. The molecule has 2 aromatic heterocycles. The van der Waals surface area contributed by atoms with Gasteiger partial charge in [-0.1, -0.05) is 18.2 Å². The summed E-state index contributed by atoms with van der Waals surface area (Å²) in [6, 6.07) is 15.4. The Hall–Kier alpha value is -3.12. The Morgan fingerprint density at radius 2 is 2.07 bits per heavy atom. The maximum atomic E-state index is 12.9. The summed E-state index contributed by atoms with van der Waals surface area (Å²) in [6.07, 6.45) is 1.99. The third-order valence-corrected chi connectivity index (χ3v) is 4.76. The molecule has 1 amide bonds. The summed E-state index contributed by atoms with van der Waals surface area (Å²) >= 11 is 0. The van der Waals surface area contributed by atoms with Gasteiger partial charge in [0.25, 0.3) is 5.91 Å². The number of hydrogen-bond acceptors (Lipinski definition) is 3. The van der Waals surface area contributed by atoms with Gasteiger partial charge in [-0.2, -0.15) is 0 Å². The maximum absolute atomic E-state index is 12.9. The second-order valence-electron chi connectivity index (χ2n) is 6.57. The molecule has 0 aliphatic heterocycles. The number of carbonyl (C=O) groups excluding carboxylic acids is 1. The fourth-order valence-electron chi connectivity index (χ4n) is 3.33. The van der Waals surface area contributed by atoms with Crippen LogP contribution in [0.5, 0.6) is 0 Å². The van der Waals surface area contributed by atoms with E-state index in [2.05, 4.69) is 19.9 Å². The van der Waals surface area contributed by atoms with Crippen molar-refractivity contribution in [2.75, 3.05) is 13.7 Å². The molecule has 4 rings (SSSR count). The largest absolute Gasteiger partial charge is 0.383 e. The van der Waals surface area contributed by atoms with E-state index in [1.807, 2.05) is 61.7 Å². The van der Waals surface area contributed by atoms with Crippen molar-refractivity contribution in [2.45, 2.75) is 19.5 Å². The average molecular weight is 362 g/mol. The Balaban J connectivity index is 1.58. The van der Waals surface area contributed by atoms with Crippen LogP contribution in [0.1, 0.15) is 29.1 Å². The maximum Gasteiger partial charge on any atom is 0.252 e. The van der Waals surface area contributed by atoms with Crippen molar-refractivity contribution in [1.82, 2.24) is 19.9 Å². The number of hydrogen-bond donors (Lipinski definition) is 2. The molecule has 0 spiro atoms. The summed E-state index contributed by atoms with van der Waals surface area (Å²) in [5.74, 6) is 0.632. The van der Waals surface area contributed by atoms with Gasteiger partial charge in [0.2, 0.25) is 0 Å². The summed E-state index contributed by atoms with van der Waals surface area (Å²) in [5, 5.41) is 3.98. The van der Waals surface area contributed by atoms with Gasteiger partial charge in [0.1, 0.15) is 5.82 Å². The molecule has 0 aliphatic rings. The zero-order valence-corrected chi connectivity index (χ0v) is 15.4. The number of methoxy groups -OCH3 is 1. The lowest BCUT2D eigenvalue weighted by molar-refractivity contribution is 0.0940. The van der Waals surface area contributed by atoms with Crippen LogP contribution < -0.4 is 5.32 Å². The predicted molar refractivity (Wildman–Crippen MR) is 106 cm³/mol. The highest BCUT2D eigenvalue weighted by Gasteiger charge is 2.17. The molecule has 0 saturated carbocycles. The van der Waals surface area contributed by atoms with Crippen molar-refractivity contribution in [3.63, 3.8) is 0 Å². The van der Waals surface area contributed by atoms with E-state index in [1.54, 1.807) is 7.11 Å². The van der Waals surface area contributed by atoms with Crippen LogP contribution in [0.2, 0.25) is 0 Å². The number of benzene rings is 2. The van der Waals surface area contributed by atoms with E-state index in [9.17, 15) is 4.79 Å². The van der Waals surface area contributed by atoms with E-state index < -0.39 is 0 Å². The zero-order valence-electron chi connectivity index (χ0n) is 15.4. The molecule has 6 nitrogen and oxygen atoms in total. The molecule has 2 heterocycles. The number of nitrogens with one attached hydrogen (secondary N) is 2. The van der Waals surface area contributed by atoms with Crippen molar-refractivity contribution in [3.8, 4) is 0 Å². The molecule has 0 fully saturated rings. The fraction of sp³-hybridized carbons (Fsp3) is 0.238. The Kier molecular flexibility index (Phi) is 4.64. The molecule has 138 valence electrons. The monoisotopic (exact) mass is 362 g/mol. The number of ether oxygens (including phenoxy) is 1. The lowest BCUT2D eigenvalue weighted by atomic mass is 10.1. The van der Waals surface area contributed by atoms with Crippen LogP contribution in [0.4, 0.5) is 0 Å². The highest BCUT2D eigenvalue weighted by Crippen LogP contribution is 2.22. The standard InChI is InChI=1S/C21H22N4O2/c1-14(20-23-17-7-3-4-8-18(17)24-20)22-21(26)16-6-5-9-19-15(16)10-11-25(19)12-13-27-2/h3-11,14H,12-13H2,1-2H3,(H,22,26)(H,23,24)/t14-/m0/s1. The number of imidazole rings is 1. The Morgan fingerprint density at radius 1 is 1.22 bits per heavy atom. The topological polar surface area (TPSA) is 71.9 Å². The SMILES string of the molecule is COCCn1ccc2c(C(=O)N[C@@H](C)c3nc4ccccc4[nH]3)cccc21. The summed E-state index contributed by atoms with van der Waals surface area (Å²) in [7, 11) is 1.68. The van der Waals surface area contributed by atoms with Gasteiger partial charge >= 0.3 is 0 Å². The molecular weight excluding hydrogens is 340 g/mol. The molecule has 0 bridgehead atoms. The minimum Gasteiger partial charge on any atom is -0.383 e. The first-order valence-corrected chi connectivity index (χ1v) is 8.99. The normalized spacial score (nSPS) is 12.5. The third-order valence-electron chi connectivity index (χ3n) is 4.76.